The van der Waals surface area contributed by atoms with Gasteiger partial charge in [0.1, 0.15) is 0 Å². The maximum absolute atomic E-state index is 12.4. The molecule has 0 aromatic heterocycles. The first-order chi connectivity index (χ1) is 10.6. The lowest BCUT2D eigenvalue weighted by atomic mass is 10.1. The lowest BCUT2D eigenvalue weighted by Gasteiger charge is -2.10. The van der Waals surface area contributed by atoms with Gasteiger partial charge in [0.15, 0.2) is 17.3 Å². The quantitative estimate of drug-likeness (QED) is 0.568. The molecule has 0 N–H and O–H groups in total. The van der Waals surface area contributed by atoms with Crippen LogP contribution in [0.5, 0.6) is 11.5 Å². The van der Waals surface area contributed by atoms with Crippen LogP contribution in [-0.2, 0) is 6.42 Å². The van der Waals surface area contributed by atoms with Crippen molar-refractivity contribution in [3.8, 4) is 11.5 Å². The van der Waals surface area contributed by atoms with E-state index in [1.54, 1.807) is 14.2 Å². The Morgan fingerprint density at radius 1 is 1.14 bits per heavy atom. The number of halogens is 1. The van der Waals surface area contributed by atoms with E-state index in [2.05, 4.69) is 22.6 Å². The molecule has 0 heterocycles. The normalized spacial score (nSPS) is 15.0. The van der Waals surface area contributed by atoms with Crippen LogP contribution >= 0.6 is 22.6 Å². The Labute approximate surface area is 143 Å². The number of carbonyl (C=O) groups is 1. The molecule has 0 aliphatic heterocycles. The Kier molecular flexibility index (Phi) is 4.20. The molecule has 0 spiro atoms. The first-order valence-electron chi connectivity index (χ1n) is 6.88. The largest absolute Gasteiger partial charge is 0.493 e. The predicted octanol–water partition coefficient (Wildman–Crippen LogP) is 4.13. The summed E-state index contributed by atoms with van der Waals surface area (Å²) >= 11 is 2.21. The second kappa shape index (κ2) is 6.12. The number of hydrogen-bond donors (Lipinski definition) is 0. The van der Waals surface area contributed by atoms with Gasteiger partial charge in [-0.05, 0) is 51.9 Å². The topological polar surface area (TPSA) is 35.5 Å². The number of rotatable bonds is 3. The third-order valence-electron chi connectivity index (χ3n) is 3.73. The van der Waals surface area contributed by atoms with Crippen LogP contribution in [0.15, 0.2) is 42.0 Å². The maximum atomic E-state index is 12.4. The van der Waals surface area contributed by atoms with Crippen molar-refractivity contribution >= 4 is 34.5 Å². The minimum atomic E-state index is 0.111. The number of ketones is 1. The highest BCUT2D eigenvalue weighted by atomic mass is 127. The molecule has 2 aromatic carbocycles. The molecule has 0 saturated carbocycles. The van der Waals surface area contributed by atoms with Crippen molar-refractivity contribution < 1.29 is 14.3 Å². The van der Waals surface area contributed by atoms with Crippen LogP contribution in [0.1, 0.15) is 21.5 Å². The average molecular weight is 406 g/mol. The lowest BCUT2D eigenvalue weighted by Crippen LogP contribution is -1.97. The van der Waals surface area contributed by atoms with Crippen molar-refractivity contribution in [2.75, 3.05) is 14.2 Å². The molecule has 4 heteroatoms. The van der Waals surface area contributed by atoms with Crippen LogP contribution < -0.4 is 9.47 Å². The fourth-order valence-electron chi connectivity index (χ4n) is 2.69. The molecule has 0 amide bonds. The summed E-state index contributed by atoms with van der Waals surface area (Å²) in [5.41, 5.74) is 3.65. The summed E-state index contributed by atoms with van der Waals surface area (Å²) in [6.07, 6.45) is 2.62. The second-order valence-corrected chi connectivity index (χ2v) is 6.23. The molecule has 0 unspecified atom stereocenters. The summed E-state index contributed by atoms with van der Waals surface area (Å²) in [7, 11) is 3.23. The van der Waals surface area contributed by atoms with Gasteiger partial charge in [0.2, 0.25) is 0 Å². The fraction of sp³-hybridized carbons (Fsp3) is 0.167. The SMILES string of the molecule is COc1cc(/C=C2\Cc3ccccc3C2=O)cc(I)c1OC. The molecule has 3 rings (SSSR count). The number of carbonyl (C=O) groups excluding carboxylic acids is 1. The number of ether oxygens (including phenoxy) is 2. The Balaban J connectivity index is 2.01. The van der Waals surface area contributed by atoms with Crippen LogP contribution in [0, 0.1) is 3.57 Å². The van der Waals surface area contributed by atoms with Gasteiger partial charge >= 0.3 is 0 Å². The highest BCUT2D eigenvalue weighted by molar-refractivity contribution is 14.1. The van der Waals surface area contributed by atoms with E-state index in [0.717, 1.165) is 25.8 Å². The Hall–Kier alpha value is -1.82. The van der Waals surface area contributed by atoms with Crippen LogP contribution in [0.2, 0.25) is 0 Å². The number of benzene rings is 2. The van der Waals surface area contributed by atoms with Gasteiger partial charge in [0.05, 0.1) is 17.8 Å². The zero-order chi connectivity index (χ0) is 15.7. The summed E-state index contributed by atoms with van der Waals surface area (Å²) in [5.74, 6) is 1.50. The van der Waals surface area contributed by atoms with E-state index in [0.29, 0.717) is 17.9 Å². The summed E-state index contributed by atoms with van der Waals surface area (Å²) in [6.45, 7) is 0. The Morgan fingerprint density at radius 3 is 2.59 bits per heavy atom. The van der Waals surface area contributed by atoms with E-state index in [4.69, 9.17) is 9.47 Å². The number of allylic oxidation sites excluding steroid dienone is 1. The minimum absolute atomic E-state index is 0.111. The van der Waals surface area contributed by atoms with Gasteiger partial charge < -0.3 is 9.47 Å². The maximum Gasteiger partial charge on any atom is 0.189 e. The molecule has 0 radical (unpaired) electrons. The van der Waals surface area contributed by atoms with Crippen LogP contribution in [-0.4, -0.2) is 20.0 Å². The van der Waals surface area contributed by atoms with Gasteiger partial charge in [-0.15, -0.1) is 0 Å². The van der Waals surface area contributed by atoms with E-state index in [-0.39, 0.29) is 5.78 Å². The molecule has 0 bridgehead atoms. The second-order valence-electron chi connectivity index (χ2n) is 5.07. The van der Waals surface area contributed by atoms with Gasteiger partial charge in [-0.25, -0.2) is 0 Å². The fourth-order valence-corrected chi connectivity index (χ4v) is 3.54. The van der Waals surface area contributed by atoms with Crippen molar-refractivity contribution in [3.63, 3.8) is 0 Å². The molecule has 1 aliphatic carbocycles. The number of fused-ring (bicyclic) bond motifs is 1. The standard InChI is InChI=1S/C18H15IO3/c1-21-16-9-11(8-15(19)18(16)22-2)7-13-10-12-5-3-4-6-14(12)17(13)20/h3-9H,10H2,1-2H3/b13-7+. The zero-order valence-electron chi connectivity index (χ0n) is 12.4. The molecule has 0 fully saturated rings. The van der Waals surface area contributed by atoms with E-state index in [1.807, 2.05) is 42.5 Å². The van der Waals surface area contributed by atoms with Crippen LogP contribution in [0.3, 0.4) is 0 Å². The van der Waals surface area contributed by atoms with Gasteiger partial charge in [-0.2, -0.15) is 0 Å². The van der Waals surface area contributed by atoms with Gasteiger partial charge in [-0.3, -0.25) is 4.79 Å². The molecule has 22 heavy (non-hydrogen) atoms. The summed E-state index contributed by atoms with van der Waals surface area (Å²) in [4.78, 5) is 12.4. The highest BCUT2D eigenvalue weighted by Crippen LogP contribution is 2.35. The van der Waals surface area contributed by atoms with Gasteiger partial charge in [0, 0.05) is 17.6 Å². The smallest absolute Gasteiger partial charge is 0.189 e. The molecular weight excluding hydrogens is 391 g/mol. The molecular formula is C18H15IO3. The first-order valence-corrected chi connectivity index (χ1v) is 7.96. The number of hydrogen-bond acceptors (Lipinski definition) is 3. The minimum Gasteiger partial charge on any atom is -0.493 e. The third-order valence-corrected chi connectivity index (χ3v) is 4.53. The highest BCUT2D eigenvalue weighted by Gasteiger charge is 2.24. The zero-order valence-corrected chi connectivity index (χ0v) is 14.5. The molecule has 112 valence electrons. The van der Waals surface area contributed by atoms with Crippen molar-refractivity contribution in [2.45, 2.75) is 6.42 Å². The summed E-state index contributed by atoms with van der Waals surface area (Å²) in [5, 5.41) is 0. The van der Waals surface area contributed by atoms with Gasteiger partial charge in [0.25, 0.3) is 0 Å². The van der Waals surface area contributed by atoms with Crippen molar-refractivity contribution in [1.82, 2.24) is 0 Å². The lowest BCUT2D eigenvalue weighted by molar-refractivity contribution is 0.104. The van der Waals surface area contributed by atoms with Gasteiger partial charge in [-0.1, -0.05) is 24.3 Å². The van der Waals surface area contributed by atoms with Crippen LogP contribution in [0.25, 0.3) is 6.08 Å². The number of methoxy groups -OCH3 is 2. The summed E-state index contributed by atoms with van der Waals surface area (Å²) in [6, 6.07) is 11.6. The summed E-state index contributed by atoms with van der Waals surface area (Å²) < 4.78 is 11.7. The predicted molar refractivity (Wildman–Crippen MR) is 94.7 cm³/mol. The van der Waals surface area contributed by atoms with Crippen molar-refractivity contribution in [1.29, 1.82) is 0 Å². The number of Topliss-reactive ketones (excluding diaryl/α,β-unsaturated/α-hetero) is 1. The van der Waals surface area contributed by atoms with E-state index in [9.17, 15) is 4.79 Å². The molecule has 0 saturated heterocycles. The van der Waals surface area contributed by atoms with Crippen molar-refractivity contribution in [3.05, 3.63) is 62.2 Å². The van der Waals surface area contributed by atoms with Crippen molar-refractivity contribution in [2.24, 2.45) is 0 Å². The molecule has 1 aliphatic rings. The molecule has 2 aromatic rings. The Morgan fingerprint density at radius 2 is 1.91 bits per heavy atom. The third kappa shape index (κ3) is 2.63. The van der Waals surface area contributed by atoms with E-state index in [1.165, 1.54) is 0 Å². The average Bonchev–Trinajstić information content (AvgIpc) is 2.83. The molecule has 0 atom stereocenters. The monoisotopic (exact) mass is 406 g/mol. The van der Waals surface area contributed by atoms with E-state index < -0.39 is 0 Å². The molecule has 3 nitrogen and oxygen atoms in total. The first kappa shape index (κ1) is 15.1. The Bertz CT molecular complexity index is 778. The van der Waals surface area contributed by atoms with E-state index >= 15 is 0 Å². The van der Waals surface area contributed by atoms with Crippen LogP contribution in [0.4, 0.5) is 0 Å².